The predicted octanol–water partition coefficient (Wildman–Crippen LogP) is 1.26. The molecular weight excluding hydrogens is 312 g/mol. The Morgan fingerprint density at radius 2 is 2.29 bits per heavy atom. The first kappa shape index (κ1) is 14.9. The van der Waals surface area contributed by atoms with E-state index in [1.54, 1.807) is 5.51 Å². The number of sulfonamides is 1. The van der Waals surface area contributed by atoms with Crippen molar-refractivity contribution in [2.45, 2.75) is 44.7 Å². The molecule has 116 valence electrons. The standard InChI is InChI=1S/C13H18N2O4S2/c1-8-12(20-7-14-8)4-5-21(18,19)15-9-2-3-11(15)10(6-9)13(16)17/h7,9-11H,2-6H2,1H3,(H,16,17). The molecular formula is C13H18N2O4S2. The van der Waals surface area contributed by atoms with E-state index in [-0.39, 0.29) is 17.8 Å². The lowest BCUT2D eigenvalue weighted by Crippen LogP contribution is -2.39. The molecule has 0 spiro atoms. The molecule has 3 heterocycles. The van der Waals surface area contributed by atoms with Crippen molar-refractivity contribution in [2.24, 2.45) is 5.92 Å². The number of hydrogen-bond donors (Lipinski definition) is 1. The van der Waals surface area contributed by atoms with Crippen molar-refractivity contribution in [1.82, 2.24) is 9.29 Å². The molecule has 0 radical (unpaired) electrons. The normalized spacial score (nSPS) is 29.1. The highest BCUT2D eigenvalue weighted by Crippen LogP contribution is 2.43. The summed E-state index contributed by atoms with van der Waals surface area (Å²) in [5, 5.41) is 9.21. The average molecular weight is 330 g/mol. The number of hydrogen-bond acceptors (Lipinski definition) is 5. The fraction of sp³-hybridized carbons (Fsp3) is 0.692. The van der Waals surface area contributed by atoms with Gasteiger partial charge in [-0.15, -0.1) is 11.3 Å². The highest BCUT2D eigenvalue weighted by molar-refractivity contribution is 7.89. The monoisotopic (exact) mass is 330 g/mol. The van der Waals surface area contributed by atoms with E-state index in [1.807, 2.05) is 6.92 Å². The number of thiazole rings is 1. The van der Waals surface area contributed by atoms with Gasteiger partial charge in [-0.2, -0.15) is 4.31 Å². The van der Waals surface area contributed by atoms with Gasteiger partial charge in [0.2, 0.25) is 10.0 Å². The van der Waals surface area contributed by atoms with Crippen LogP contribution in [0.3, 0.4) is 0 Å². The van der Waals surface area contributed by atoms with E-state index in [1.165, 1.54) is 15.6 Å². The van der Waals surface area contributed by atoms with Crippen molar-refractivity contribution in [3.05, 3.63) is 16.1 Å². The van der Waals surface area contributed by atoms with E-state index < -0.39 is 21.9 Å². The van der Waals surface area contributed by atoms with Gasteiger partial charge in [0, 0.05) is 17.0 Å². The van der Waals surface area contributed by atoms with Crippen molar-refractivity contribution < 1.29 is 18.3 Å². The molecule has 8 heteroatoms. The third-order valence-electron chi connectivity index (χ3n) is 4.54. The van der Waals surface area contributed by atoms with Gasteiger partial charge in [0.05, 0.1) is 22.9 Å². The van der Waals surface area contributed by atoms with Gasteiger partial charge in [-0.3, -0.25) is 4.79 Å². The fourth-order valence-corrected chi connectivity index (χ4v) is 6.42. The molecule has 2 saturated heterocycles. The van der Waals surface area contributed by atoms with Crippen molar-refractivity contribution in [2.75, 3.05) is 5.75 Å². The first-order valence-corrected chi connectivity index (χ1v) is 9.52. The smallest absolute Gasteiger partial charge is 0.308 e. The summed E-state index contributed by atoms with van der Waals surface area (Å²) in [5.74, 6) is -1.38. The topological polar surface area (TPSA) is 87.6 Å². The van der Waals surface area contributed by atoms with Crippen LogP contribution in [0, 0.1) is 12.8 Å². The van der Waals surface area contributed by atoms with E-state index in [0.29, 0.717) is 19.3 Å². The van der Waals surface area contributed by atoms with Gasteiger partial charge < -0.3 is 5.11 Å². The van der Waals surface area contributed by atoms with Crippen LogP contribution in [0.15, 0.2) is 5.51 Å². The van der Waals surface area contributed by atoms with Crippen molar-refractivity contribution >= 4 is 27.3 Å². The van der Waals surface area contributed by atoms with Crippen LogP contribution in [-0.2, 0) is 21.2 Å². The number of carbonyl (C=O) groups is 1. The van der Waals surface area contributed by atoms with Gasteiger partial charge in [0.1, 0.15) is 0 Å². The highest BCUT2D eigenvalue weighted by Gasteiger charge is 2.53. The van der Waals surface area contributed by atoms with Gasteiger partial charge in [0.15, 0.2) is 0 Å². The summed E-state index contributed by atoms with van der Waals surface area (Å²) >= 11 is 1.47. The summed E-state index contributed by atoms with van der Waals surface area (Å²) < 4.78 is 26.7. The number of carboxylic acids is 1. The second-order valence-electron chi connectivity index (χ2n) is 5.74. The molecule has 3 unspecified atom stereocenters. The summed E-state index contributed by atoms with van der Waals surface area (Å²) in [5.41, 5.74) is 2.60. The molecule has 1 aromatic rings. The number of aryl methyl sites for hydroxylation is 2. The second kappa shape index (κ2) is 5.33. The van der Waals surface area contributed by atoms with Gasteiger partial charge in [-0.1, -0.05) is 0 Å². The van der Waals surface area contributed by atoms with Crippen LogP contribution in [0.4, 0.5) is 0 Å². The van der Waals surface area contributed by atoms with Gasteiger partial charge in [0.25, 0.3) is 0 Å². The Morgan fingerprint density at radius 3 is 2.86 bits per heavy atom. The lowest BCUT2D eigenvalue weighted by Gasteiger charge is -2.22. The molecule has 21 heavy (non-hydrogen) atoms. The first-order valence-electron chi connectivity index (χ1n) is 7.03. The molecule has 2 bridgehead atoms. The van der Waals surface area contributed by atoms with Crippen molar-refractivity contribution in [3.63, 3.8) is 0 Å². The number of rotatable bonds is 5. The summed E-state index contributed by atoms with van der Waals surface area (Å²) in [7, 11) is -3.41. The van der Waals surface area contributed by atoms with Crippen LogP contribution in [0.2, 0.25) is 0 Å². The minimum Gasteiger partial charge on any atom is -0.481 e. The number of aromatic nitrogens is 1. The lowest BCUT2D eigenvalue weighted by molar-refractivity contribution is -0.142. The maximum atomic E-state index is 12.6. The van der Waals surface area contributed by atoms with E-state index in [9.17, 15) is 18.3 Å². The van der Waals surface area contributed by atoms with Crippen molar-refractivity contribution in [1.29, 1.82) is 0 Å². The Labute approximate surface area is 127 Å². The van der Waals surface area contributed by atoms with Crippen molar-refractivity contribution in [3.8, 4) is 0 Å². The average Bonchev–Trinajstić information content (AvgIpc) is 3.10. The summed E-state index contributed by atoms with van der Waals surface area (Å²) in [4.78, 5) is 16.3. The molecule has 0 saturated carbocycles. The summed E-state index contributed by atoms with van der Waals surface area (Å²) in [6, 6.07) is -0.469. The molecule has 0 amide bonds. The Kier molecular flexibility index (Phi) is 3.79. The molecule has 0 aromatic carbocycles. The summed E-state index contributed by atoms with van der Waals surface area (Å²) in [6.07, 6.45) is 2.36. The Balaban J connectivity index is 1.74. The van der Waals surface area contributed by atoms with E-state index in [2.05, 4.69) is 4.98 Å². The predicted molar refractivity (Wildman–Crippen MR) is 78.7 cm³/mol. The van der Waals surface area contributed by atoms with E-state index >= 15 is 0 Å². The molecule has 1 aromatic heterocycles. The first-order chi connectivity index (χ1) is 9.90. The number of aliphatic carboxylic acids is 1. The zero-order valence-corrected chi connectivity index (χ0v) is 13.4. The van der Waals surface area contributed by atoms with Gasteiger partial charge >= 0.3 is 5.97 Å². The fourth-order valence-electron chi connectivity index (χ4n) is 3.53. The second-order valence-corrected chi connectivity index (χ2v) is 8.67. The molecule has 6 nitrogen and oxygen atoms in total. The van der Waals surface area contributed by atoms with Gasteiger partial charge in [-0.25, -0.2) is 13.4 Å². The van der Waals surface area contributed by atoms with Crippen LogP contribution in [0.5, 0.6) is 0 Å². The van der Waals surface area contributed by atoms with Crippen LogP contribution >= 0.6 is 11.3 Å². The Hall–Kier alpha value is -0.990. The zero-order valence-electron chi connectivity index (χ0n) is 11.7. The SMILES string of the molecule is Cc1ncsc1CCS(=O)(=O)N1C2CCC1C(C(=O)O)C2. The largest absolute Gasteiger partial charge is 0.481 e. The maximum absolute atomic E-state index is 12.6. The number of nitrogens with zero attached hydrogens (tertiary/aromatic N) is 2. The molecule has 2 aliphatic heterocycles. The molecule has 1 N–H and O–H groups in total. The van der Waals surface area contributed by atoms with Crippen LogP contribution < -0.4 is 0 Å². The van der Waals surface area contributed by atoms with Crippen LogP contribution in [-0.4, -0.2) is 46.6 Å². The Morgan fingerprint density at radius 1 is 1.52 bits per heavy atom. The third-order valence-corrected chi connectivity index (χ3v) is 7.47. The highest BCUT2D eigenvalue weighted by atomic mass is 32.2. The molecule has 2 aliphatic rings. The van der Waals surface area contributed by atoms with Crippen LogP contribution in [0.1, 0.15) is 29.8 Å². The minimum atomic E-state index is -3.41. The summed E-state index contributed by atoms with van der Waals surface area (Å²) in [6.45, 7) is 1.87. The molecule has 2 fully saturated rings. The zero-order chi connectivity index (χ0) is 15.2. The molecule has 0 aliphatic carbocycles. The number of carboxylic acid groups (broad SMARTS) is 1. The third kappa shape index (κ3) is 2.60. The number of fused-ring (bicyclic) bond motifs is 2. The lowest BCUT2D eigenvalue weighted by atomic mass is 9.89. The van der Waals surface area contributed by atoms with E-state index in [0.717, 1.165) is 17.0 Å². The maximum Gasteiger partial charge on any atom is 0.308 e. The van der Waals surface area contributed by atoms with E-state index in [4.69, 9.17) is 0 Å². The molecule has 3 atom stereocenters. The van der Waals surface area contributed by atoms with Gasteiger partial charge in [-0.05, 0) is 32.6 Å². The van der Waals surface area contributed by atoms with Crippen LogP contribution in [0.25, 0.3) is 0 Å². The Bertz CT molecular complexity index is 655. The molecule has 3 rings (SSSR count). The minimum absolute atomic E-state index is 0.0371. The quantitative estimate of drug-likeness (QED) is 0.878.